The fraction of sp³-hybridized carbons (Fsp3) is 0.500. The number of halogens is 1. The molecule has 2 rings (SSSR count). The van der Waals surface area contributed by atoms with Crippen molar-refractivity contribution in [1.29, 1.82) is 0 Å². The number of rotatable bonds is 3. The van der Waals surface area contributed by atoms with Crippen LogP contribution in [0.3, 0.4) is 0 Å². The highest BCUT2D eigenvalue weighted by molar-refractivity contribution is 5.46. The Bertz CT molecular complexity index is 365. The molecular formula is C12H16FNO. The first-order valence-corrected chi connectivity index (χ1v) is 5.39. The third kappa shape index (κ3) is 1.84. The molecule has 1 aromatic rings. The first-order chi connectivity index (χ1) is 7.24. The molecule has 1 N–H and O–H groups in total. The van der Waals surface area contributed by atoms with E-state index in [-0.39, 0.29) is 11.9 Å². The molecule has 1 unspecified atom stereocenters. The molecule has 15 heavy (non-hydrogen) atoms. The largest absolute Gasteiger partial charge is 0.491 e. The van der Waals surface area contributed by atoms with E-state index in [1.807, 2.05) is 6.92 Å². The van der Waals surface area contributed by atoms with E-state index in [9.17, 15) is 4.39 Å². The average Bonchev–Trinajstić information content (AvgIpc) is 2.65. The molecule has 0 saturated heterocycles. The van der Waals surface area contributed by atoms with Crippen molar-refractivity contribution in [3.05, 3.63) is 29.1 Å². The van der Waals surface area contributed by atoms with Crippen molar-refractivity contribution >= 4 is 0 Å². The summed E-state index contributed by atoms with van der Waals surface area (Å²) >= 11 is 0. The zero-order chi connectivity index (χ0) is 10.8. The van der Waals surface area contributed by atoms with Gasteiger partial charge in [-0.15, -0.1) is 0 Å². The van der Waals surface area contributed by atoms with Crippen LogP contribution in [0.2, 0.25) is 0 Å². The van der Waals surface area contributed by atoms with Crippen LogP contribution < -0.4 is 10.1 Å². The van der Waals surface area contributed by atoms with Crippen molar-refractivity contribution in [3.8, 4) is 5.75 Å². The van der Waals surface area contributed by atoms with Gasteiger partial charge >= 0.3 is 0 Å². The number of hydrogen-bond donors (Lipinski definition) is 1. The van der Waals surface area contributed by atoms with Gasteiger partial charge in [0.1, 0.15) is 18.2 Å². The maximum absolute atomic E-state index is 13.6. The summed E-state index contributed by atoms with van der Waals surface area (Å²) in [5.41, 5.74) is 1.70. The normalized spacial score (nSPS) is 18.7. The van der Waals surface area contributed by atoms with Crippen molar-refractivity contribution in [1.82, 2.24) is 5.32 Å². The summed E-state index contributed by atoms with van der Waals surface area (Å²) in [5.74, 6) is 0.560. The highest BCUT2D eigenvalue weighted by Gasteiger charge is 2.28. The van der Waals surface area contributed by atoms with E-state index in [2.05, 4.69) is 12.2 Å². The lowest BCUT2D eigenvalue weighted by Crippen LogP contribution is -2.23. The van der Waals surface area contributed by atoms with Gasteiger partial charge in [-0.25, -0.2) is 4.39 Å². The summed E-state index contributed by atoms with van der Waals surface area (Å²) in [6, 6.07) is 3.29. The van der Waals surface area contributed by atoms with Crippen LogP contribution in [0.4, 0.5) is 4.39 Å². The van der Waals surface area contributed by atoms with Crippen LogP contribution in [0.5, 0.6) is 5.75 Å². The van der Waals surface area contributed by atoms with Crippen LogP contribution in [0, 0.1) is 12.7 Å². The SMILES string of the molecule is CCCNC1COc2c(C)ccc(F)c21. The first kappa shape index (κ1) is 10.4. The molecule has 2 nitrogen and oxygen atoms in total. The Morgan fingerprint density at radius 2 is 2.33 bits per heavy atom. The van der Waals surface area contributed by atoms with Crippen molar-refractivity contribution in [2.75, 3.05) is 13.2 Å². The summed E-state index contributed by atoms with van der Waals surface area (Å²) in [5, 5.41) is 3.29. The Hall–Kier alpha value is -1.09. The van der Waals surface area contributed by atoms with Gasteiger partial charge in [-0.1, -0.05) is 13.0 Å². The van der Waals surface area contributed by atoms with E-state index in [1.165, 1.54) is 6.07 Å². The number of nitrogens with one attached hydrogen (secondary N) is 1. The van der Waals surface area contributed by atoms with Gasteiger partial charge in [0, 0.05) is 0 Å². The summed E-state index contributed by atoms with van der Waals surface area (Å²) in [6.45, 7) is 5.47. The van der Waals surface area contributed by atoms with Gasteiger partial charge in [-0.3, -0.25) is 0 Å². The third-order valence-electron chi connectivity index (χ3n) is 2.72. The second kappa shape index (κ2) is 4.19. The Balaban J connectivity index is 2.28. The molecule has 0 amide bonds. The smallest absolute Gasteiger partial charge is 0.131 e. The zero-order valence-corrected chi connectivity index (χ0v) is 9.14. The van der Waals surface area contributed by atoms with Gasteiger partial charge in [0.25, 0.3) is 0 Å². The van der Waals surface area contributed by atoms with Gasteiger partial charge in [0.2, 0.25) is 0 Å². The number of fused-ring (bicyclic) bond motifs is 1. The quantitative estimate of drug-likeness (QED) is 0.826. The van der Waals surface area contributed by atoms with Crippen LogP contribution in [-0.2, 0) is 0 Å². The molecule has 0 radical (unpaired) electrons. The molecule has 1 aromatic carbocycles. The molecule has 82 valence electrons. The maximum Gasteiger partial charge on any atom is 0.131 e. The van der Waals surface area contributed by atoms with Gasteiger partial charge in [0.15, 0.2) is 0 Å². The van der Waals surface area contributed by atoms with Crippen LogP contribution in [0.25, 0.3) is 0 Å². The van der Waals surface area contributed by atoms with E-state index in [0.29, 0.717) is 12.2 Å². The van der Waals surface area contributed by atoms with E-state index < -0.39 is 0 Å². The molecule has 1 aliphatic rings. The van der Waals surface area contributed by atoms with Gasteiger partial charge in [-0.2, -0.15) is 0 Å². The topological polar surface area (TPSA) is 21.3 Å². The Morgan fingerprint density at radius 1 is 1.53 bits per heavy atom. The molecule has 1 atom stereocenters. The molecule has 0 bridgehead atoms. The van der Waals surface area contributed by atoms with Crippen molar-refractivity contribution in [2.24, 2.45) is 0 Å². The third-order valence-corrected chi connectivity index (χ3v) is 2.72. The highest BCUT2D eigenvalue weighted by Crippen LogP contribution is 2.36. The van der Waals surface area contributed by atoms with Gasteiger partial charge in [-0.05, 0) is 31.5 Å². The van der Waals surface area contributed by atoms with E-state index in [4.69, 9.17) is 4.74 Å². The minimum Gasteiger partial charge on any atom is -0.491 e. The molecule has 0 aliphatic carbocycles. The Labute approximate surface area is 89.4 Å². The lowest BCUT2D eigenvalue weighted by Gasteiger charge is -2.11. The zero-order valence-electron chi connectivity index (χ0n) is 9.14. The van der Waals surface area contributed by atoms with Crippen molar-refractivity contribution in [3.63, 3.8) is 0 Å². The Kier molecular flexibility index (Phi) is 2.91. The molecule has 1 aliphatic heterocycles. The highest BCUT2D eigenvalue weighted by atomic mass is 19.1. The number of benzene rings is 1. The fourth-order valence-corrected chi connectivity index (χ4v) is 1.93. The molecule has 1 heterocycles. The van der Waals surface area contributed by atoms with Crippen LogP contribution in [0.15, 0.2) is 12.1 Å². The van der Waals surface area contributed by atoms with Crippen molar-refractivity contribution < 1.29 is 9.13 Å². The Morgan fingerprint density at radius 3 is 3.07 bits per heavy atom. The summed E-state index contributed by atoms with van der Waals surface area (Å²) < 4.78 is 19.1. The molecule has 3 heteroatoms. The summed E-state index contributed by atoms with van der Waals surface area (Å²) in [7, 11) is 0. The van der Waals surface area contributed by atoms with E-state index >= 15 is 0 Å². The van der Waals surface area contributed by atoms with Crippen LogP contribution >= 0.6 is 0 Å². The minimum atomic E-state index is -0.165. The average molecular weight is 209 g/mol. The molecular weight excluding hydrogens is 193 g/mol. The summed E-state index contributed by atoms with van der Waals surface area (Å²) in [6.07, 6.45) is 1.04. The van der Waals surface area contributed by atoms with Crippen LogP contribution in [0.1, 0.15) is 30.5 Å². The minimum absolute atomic E-state index is 0.0137. The van der Waals surface area contributed by atoms with Gasteiger partial charge in [0.05, 0.1) is 11.6 Å². The van der Waals surface area contributed by atoms with Crippen molar-refractivity contribution in [2.45, 2.75) is 26.3 Å². The lowest BCUT2D eigenvalue weighted by atomic mass is 10.0. The second-order valence-electron chi connectivity index (χ2n) is 3.92. The lowest BCUT2D eigenvalue weighted by molar-refractivity contribution is 0.310. The number of hydrogen-bond acceptors (Lipinski definition) is 2. The predicted molar refractivity (Wildman–Crippen MR) is 57.7 cm³/mol. The molecule has 0 aromatic heterocycles. The first-order valence-electron chi connectivity index (χ1n) is 5.39. The predicted octanol–water partition coefficient (Wildman–Crippen LogP) is 2.57. The number of aryl methyl sites for hydroxylation is 1. The molecule has 0 saturated carbocycles. The standard InChI is InChI=1S/C12H16FNO/c1-3-6-14-10-7-15-12-8(2)4-5-9(13)11(10)12/h4-5,10,14H,3,6-7H2,1-2H3. The molecule has 0 fully saturated rings. The monoisotopic (exact) mass is 209 g/mol. The van der Waals surface area contributed by atoms with E-state index in [0.717, 1.165) is 24.3 Å². The summed E-state index contributed by atoms with van der Waals surface area (Å²) in [4.78, 5) is 0. The van der Waals surface area contributed by atoms with Gasteiger partial charge < -0.3 is 10.1 Å². The fourth-order valence-electron chi connectivity index (χ4n) is 1.93. The number of ether oxygens (including phenoxy) is 1. The van der Waals surface area contributed by atoms with Crippen LogP contribution in [-0.4, -0.2) is 13.2 Å². The maximum atomic E-state index is 13.6. The second-order valence-corrected chi connectivity index (χ2v) is 3.92. The van der Waals surface area contributed by atoms with E-state index in [1.54, 1.807) is 6.07 Å². The molecule has 0 spiro atoms.